The molecule has 21 heavy (non-hydrogen) atoms. The molecule has 102 valence electrons. The van der Waals surface area contributed by atoms with Crippen LogP contribution in [0.5, 0.6) is 0 Å². The van der Waals surface area contributed by atoms with Crippen LogP contribution in [0.2, 0.25) is 0 Å². The highest BCUT2D eigenvalue weighted by molar-refractivity contribution is 6.38. The Bertz CT molecular complexity index is 878. The summed E-state index contributed by atoms with van der Waals surface area (Å²) in [6.45, 7) is 0.129. The molecule has 0 aliphatic carbocycles. The highest BCUT2D eigenvalue weighted by Gasteiger charge is 2.13. The number of nitrogens with zero attached hydrogens (tertiary/aromatic N) is 2. The third-order valence-electron chi connectivity index (χ3n) is 3.64. The van der Waals surface area contributed by atoms with E-state index in [0.29, 0.717) is 11.0 Å². The molecule has 1 aromatic heterocycles. The van der Waals surface area contributed by atoms with Crippen molar-refractivity contribution in [1.29, 1.82) is 5.41 Å². The molecule has 4 nitrogen and oxygen atoms in total. The van der Waals surface area contributed by atoms with Gasteiger partial charge in [-0.05, 0) is 6.07 Å². The Balaban J connectivity index is 2.10. The molecule has 0 saturated heterocycles. The number of fused-ring (bicyclic) bond motifs is 1. The zero-order valence-electron chi connectivity index (χ0n) is 11.7. The number of rotatable bonds is 3. The van der Waals surface area contributed by atoms with E-state index in [1.165, 1.54) is 0 Å². The lowest BCUT2D eigenvalue weighted by atomic mass is 9.94. The Morgan fingerprint density at radius 2 is 1.86 bits per heavy atom. The number of hydrogen-bond donors (Lipinski definition) is 1. The Morgan fingerprint density at radius 1 is 1.14 bits per heavy atom. The van der Waals surface area contributed by atoms with Crippen LogP contribution in [0, 0.1) is 5.41 Å². The normalized spacial score (nSPS) is 10.9. The minimum atomic E-state index is -0.0241. The summed E-state index contributed by atoms with van der Waals surface area (Å²) in [6, 6.07) is 14.6. The molecular weight excluding hydrogens is 261 g/mol. The first kappa shape index (κ1) is 13.4. The van der Waals surface area contributed by atoms with Crippen LogP contribution in [0.15, 0.2) is 48.5 Å². The summed E-state index contributed by atoms with van der Waals surface area (Å²) < 4.78 is 3.38. The number of imidazole rings is 1. The molecule has 5 heteroatoms. The quantitative estimate of drug-likeness (QED) is 0.565. The fourth-order valence-electron chi connectivity index (χ4n) is 2.55. The van der Waals surface area contributed by atoms with E-state index >= 15 is 0 Å². The summed E-state index contributed by atoms with van der Waals surface area (Å²) in [4.78, 5) is 12.4. The number of ketones is 1. The first-order valence-electron chi connectivity index (χ1n) is 6.66. The van der Waals surface area contributed by atoms with Crippen molar-refractivity contribution in [3.63, 3.8) is 0 Å². The topological polar surface area (TPSA) is 50.8 Å². The molecule has 0 spiro atoms. The first-order chi connectivity index (χ1) is 10.1. The van der Waals surface area contributed by atoms with Crippen LogP contribution in [-0.2, 0) is 13.6 Å². The fraction of sp³-hybridized carbons (Fsp3) is 0.125. The second-order valence-corrected chi connectivity index (χ2v) is 4.97. The summed E-state index contributed by atoms with van der Waals surface area (Å²) in [5.41, 5.74) is 3.09. The molecule has 0 aliphatic heterocycles. The molecule has 0 aliphatic rings. The smallest absolute Gasteiger partial charge is 0.203 e. The van der Waals surface area contributed by atoms with Crippen molar-refractivity contribution in [3.05, 3.63) is 59.7 Å². The van der Waals surface area contributed by atoms with Crippen LogP contribution < -0.4 is 11.1 Å². The largest absolute Gasteiger partial charge is 0.314 e. The second kappa shape index (κ2) is 5.09. The lowest BCUT2D eigenvalue weighted by Crippen LogP contribution is -2.26. The van der Waals surface area contributed by atoms with Gasteiger partial charge in [-0.1, -0.05) is 47.9 Å². The predicted molar refractivity (Wildman–Crippen MR) is 82.9 cm³/mol. The van der Waals surface area contributed by atoms with Crippen LogP contribution in [0.25, 0.3) is 11.0 Å². The summed E-state index contributed by atoms with van der Waals surface area (Å²) >= 11 is 0. The SMILES string of the molecule is [B]c1cccc2c1n(C)c(=N)n2CC(=O)c1ccccc1. The van der Waals surface area contributed by atoms with E-state index < -0.39 is 0 Å². The van der Waals surface area contributed by atoms with Crippen molar-refractivity contribution in [2.75, 3.05) is 0 Å². The zero-order chi connectivity index (χ0) is 15.0. The van der Waals surface area contributed by atoms with E-state index in [0.717, 1.165) is 11.0 Å². The van der Waals surface area contributed by atoms with Gasteiger partial charge in [0.05, 0.1) is 17.6 Å². The van der Waals surface area contributed by atoms with Gasteiger partial charge >= 0.3 is 0 Å². The first-order valence-corrected chi connectivity index (χ1v) is 6.66. The number of carbonyl (C=O) groups is 1. The molecule has 1 heterocycles. The molecule has 3 rings (SSSR count). The standard InChI is InChI=1S/C16H14BN3O/c1-19-15-12(17)8-5-9-13(15)20(16(19)18)10-14(21)11-6-3-2-4-7-11/h2-9,18H,10H2,1H3. The Labute approximate surface area is 123 Å². The Kier molecular flexibility index (Phi) is 3.25. The van der Waals surface area contributed by atoms with Crippen LogP contribution in [0.1, 0.15) is 10.4 Å². The van der Waals surface area contributed by atoms with Gasteiger partial charge < -0.3 is 9.13 Å². The van der Waals surface area contributed by atoms with E-state index in [-0.39, 0.29) is 17.9 Å². The van der Waals surface area contributed by atoms with Gasteiger partial charge in [-0.25, -0.2) is 0 Å². The lowest BCUT2D eigenvalue weighted by molar-refractivity contribution is 0.0971. The summed E-state index contributed by atoms with van der Waals surface area (Å²) in [6.07, 6.45) is 0. The highest BCUT2D eigenvalue weighted by Crippen LogP contribution is 2.10. The summed E-state index contributed by atoms with van der Waals surface area (Å²) in [5.74, 6) is -0.0241. The summed E-state index contributed by atoms with van der Waals surface area (Å²) in [5, 5.41) is 8.19. The monoisotopic (exact) mass is 275 g/mol. The van der Waals surface area contributed by atoms with Gasteiger partial charge in [-0.3, -0.25) is 10.2 Å². The average Bonchev–Trinajstić information content (AvgIpc) is 2.74. The van der Waals surface area contributed by atoms with Gasteiger partial charge in [0.15, 0.2) is 5.78 Å². The number of Topliss-reactive ketones (excluding diaryl/α,β-unsaturated/α-hetero) is 1. The number of aryl methyl sites for hydroxylation is 1. The molecule has 0 bridgehead atoms. The molecule has 1 N–H and O–H groups in total. The van der Waals surface area contributed by atoms with E-state index in [1.54, 1.807) is 34.4 Å². The van der Waals surface area contributed by atoms with Gasteiger partial charge in [0.1, 0.15) is 7.85 Å². The maximum Gasteiger partial charge on any atom is 0.203 e. The molecule has 0 amide bonds. The number of hydrogen-bond acceptors (Lipinski definition) is 2. The van der Waals surface area contributed by atoms with Crippen molar-refractivity contribution >= 4 is 30.1 Å². The summed E-state index contributed by atoms with van der Waals surface area (Å²) in [7, 11) is 7.76. The number of para-hydroxylation sites is 1. The van der Waals surface area contributed by atoms with Crippen molar-refractivity contribution < 1.29 is 4.79 Å². The van der Waals surface area contributed by atoms with E-state index in [9.17, 15) is 4.79 Å². The Morgan fingerprint density at radius 3 is 2.57 bits per heavy atom. The number of nitrogens with one attached hydrogen (secondary N) is 1. The third-order valence-corrected chi connectivity index (χ3v) is 3.64. The van der Waals surface area contributed by atoms with Gasteiger partial charge in [0.2, 0.25) is 5.62 Å². The van der Waals surface area contributed by atoms with Crippen LogP contribution in [0.3, 0.4) is 0 Å². The third kappa shape index (κ3) is 2.20. The van der Waals surface area contributed by atoms with Crippen molar-refractivity contribution in [2.45, 2.75) is 6.54 Å². The van der Waals surface area contributed by atoms with Crippen LogP contribution in [0.4, 0.5) is 0 Å². The fourth-order valence-corrected chi connectivity index (χ4v) is 2.55. The highest BCUT2D eigenvalue weighted by atomic mass is 16.1. The van der Waals surface area contributed by atoms with Gasteiger partial charge in [0.25, 0.3) is 0 Å². The predicted octanol–water partition coefficient (Wildman–Crippen LogP) is 1.14. The molecule has 0 saturated carbocycles. The van der Waals surface area contributed by atoms with Crippen molar-refractivity contribution in [1.82, 2.24) is 9.13 Å². The van der Waals surface area contributed by atoms with E-state index in [1.807, 2.05) is 30.3 Å². The van der Waals surface area contributed by atoms with E-state index in [4.69, 9.17) is 13.3 Å². The number of benzene rings is 2. The maximum atomic E-state index is 12.4. The zero-order valence-corrected chi connectivity index (χ0v) is 11.7. The lowest BCUT2D eigenvalue weighted by Gasteiger charge is -2.04. The molecule has 0 atom stereocenters. The second-order valence-electron chi connectivity index (χ2n) is 4.97. The molecule has 0 unspecified atom stereocenters. The van der Waals surface area contributed by atoms with Gasteiger partial charge in [-0.15, -0.1) is 0 Å². The minimum absolute atomic E-state index is 0.0241. The minimum Gasteiger partial charge on any atom is -0.314 e. The molecule has 3 aromatic rings. The molecule has 2 aromatic carbocycles. The van der Waals surface area contributed by atoms with Gasteiger partial charge in [-0.2, -0.15) is 0 Å². The van der Waals surface area contributed by atoms with Gasteiger partial charge in [0, 0.05) is 12.6 Å². The number of aromatic nitrogens is 2. The molecule has 2 radical (unpaired) electrons. The molecular formula is C16H14BN3O. The Hall–Kier alpha value is -2.56. The van der Waals surface area contributed by atoms with Crippen LogP contribution in [-0.4, -0.2) is 22.8 Å². The van der Waals surface area contributed by atoms with Crippen molar-refractivity contribution in [2.24, 2.45) is 7.05 Å². The average molecular weight is 275 g/mol. The maximum absolute atomic E-state index is 12.4. The van der Waals surface area contributed by atoms with E-state index in [2.05, 4.69) is 0 Å². The number of carbonyl (C=O) groups excluding carboxylic acids is 1. The molecule has 0 fully saturated rings. The van der Waals surface area contributed by atoms with Crippen LogP contribution >= 0.6 is 0 Å². The van der Waals surface area contributed by atoms with Crippen molar-refractivity contribution in [3.8, 4) is 0 Å².